The van der Waals surface area contributed by atoms with Crippen LogP contribution in [-0.2, 0) is 10.0 Å². The lowest BCUT2D eigenvalue weighted by Gasteiger charge is -2.13. The van der Waals surface area contributed by atoms with Gasteiger partial charge in [-0.15, -0.1) is 0 Å². The van der Waals surface area contributed by atoms with Crippen molar-refractivity contribution in [3.8, 4) is 0 Å². The fraction of sp³-hybridized carbons (Fsp3) is 0.350. The number of carbonyl (C=O) groups is 1. The molecule has 0 bridgehead atoms. The summed E-state index contributed by atoms with van der Waals surface area (Å²) in [5.41, 5.74) is 3.53. The SMILES string of the molecule is CCCCNC(=O)c1ccc(C)c(S(=O)(=O)Nc2ccc(C)c(C)c2)c1. The minimum absolute atomic E-state index is 0.110. The maximum absolute atomic E-state index is 12.8. The van der Waals surface area contributed by atoms with Gasteiger partial charge in [-0.05, 0) is 68.1 Å². The van der Waals surface area contributed by atoms with Crippen LogP contribution >= 0.6 is 0 Å². The highest BCUT2D eigenvalue weighted by Crippen LogP contribution is 2.22. The van der Waals surface area contributed by atoms with E-state index in [2.05, 4.69) is 10.0 Å². The van der Waals surface area contributed by atoms with Gasteiger partial charge in [-0.25, -0.2) is 8.42 Å². The van der Waals surface area contributed by atoms with Gasteiger partial charge < -0.3 is 5.32 Å². The minimum Gasteiger partial charge on any atom is -0.352 e. The van der Waals surface area contributed by atoms with E-state index >= 15 is 0 Å². The zero-order chi connectivity index (χ0) is 19.3. The van der Waals surface area contributed by atoms with Gasteiger partial charge in [0.15, 0.2) is 0 Å². The van der Waals surface area contributed by atoms with Gasteiger partial charge >= 0.3 is 0 Å². The first-order valence-electron chi connectivity index (χ1n) is 8.73. The molecule has 26 heavy (non-hydrogen) atoms. The van der Waals surface area contributed by atoms with Gasteiger partial charge in [0.2, 0.25) is 0 Å². The summed E-state index contributed by atoms with van der Waals surface area (Å²) in [4.78, 5) is 12.3. The van der Waals surface area contributed by atoms with E-state index in [1.807, 2.05) is 26.8 Å². The molecule has 0 aliphatic carbocycles. The molecular formula is C20H26N2O3S. The Morgan fingerprint density at radius 1 is 0.962 bits per heavy atom. The van der Waals surface area contributed by atoms with E-state index in [4.69, 9.17) is 0 Å². The smallest absolute Gasteiger partial charge is 0.262 e. The number of benzene rings is 2. The van der Waals surface area contributed by atoms with Crippen LogP contribution in [-0.4, -0.2) is 20.9 Å². The van der Waals surface area contributed by atoms with Gasteiger partial charge in [-0.1, -0.05) is 25.5 Å². The maximum atomic E-state index is 12.8. The molecule has 2 aromatic rings. The number of nitrogens with one attached hydrogen (secondary N) is 2. The van der Waals surface area contributed by atoms with E-state index in [0.717, 1.165) is 24.0 Å². The largest absolute Gasteiger partial charge is 0.352 e. The Morgan fingerprint density at radius 2 is 1.65 bits per heavy atom. The predicted octanol–water partition coefficient (Wildman–Crippen LogP) is 3.94. The van der Waals surface area contributed by atoms with Crippen molar-refractivity contribution in [1.29, 1.82) is 0 Å². The number of unbranched alkanes of at least 4 members (excludes halogenated alkanes) is 1. The van der Waals surface area contributed by atoms with Crippen LogP contribution in [0.5, 0.6) is 0 Å². The van der Waals surface area contributed by atoms with Crippen LogP contribution in [0.15, 0.2) is 41.3 Å². The van der Waals surface area contributed by atoms with Crippen molar-refractivity contribution in [1.82, 2.24) is 5.32 Å². The second-order valence-corrected chi connectivity index (χ2v) is 8.15. The summed E-state index contributed by atoms with van der Waals surface area (Å²) in [6, 6.07) is 10.1. The quantitative estimate of drug-likeness (QED) is 0.721. The molecule has 0 aliphatic rings. The standard InChI is InChI=1S/C20H26N2O3S/c1-5-6-11-21-20(23)17-9-7-15(3)19(13-17)26(24,25)22-18-10-8-14(2)16(4)12-18/h7-10,12-13,22H,5-6,11H2,1-4H3,(H,21,23). The monoisotopic (exact) mass is 374 g/mol. The van der Waals surface area contributed by atoms with Gasteiger partial charge in [0.25, 0.3) is 15.9 Å². The third kappa shape index (κ3) is 4.85. The Bertz CT molecular complexity index is 905. The summed E-state index contributed by atoms with van der Waals surface area (Å²) in [5.74, 6) is -0.263. The molecule has 0 fully saturated rings. The molecule has 2 N–H and O–H groups in total. The molecule has 2 rings (SSSR count). The number of anilines is 1. The van der Waals surface area contributed by atoms with E-state index < -0.39 is 10.0 Å². The molecule has 5 nitrogen and oxygen atoms in total. The Kier molecular flexibility index (Phi) is 6.42. The van der Waals surface area contributed by atoms with E-state index in [0.29, 0.717) is 23.4 Å². The fourth-order valence-electron chi connectivity index (χ4n) is 2.53. The first-order chi connectivity index (χ1) is 12.2. The molecule has 0 atom stereocenters. The molecule has 0 saturated carbocycles. The molecule has 1 amide bonds. The van der Waals surface area contributed by atoms with E-state index in [9.17, 15) is 13.2 Å². The van der Waals surface area contributed by atoms with Crippen LogP contribution in [0.25, 0.3) is 0 Å². The average Bonchev–Trinajstić information content (AvgIpc) is 2.58. The van der Waals surface area contributed by atoms with Crippen molar-refractivity contribution in [2.45, 2.75) is 45.4 Å². The van der Waals surface area contributed by atoms with Crippen LogP contribution in [0.3, 0.4) is 0 Å². The van der Waals surface area contributed by atoms with Crippen LogP contribution in [0.4, 0.5) is 5.69 Å². The van der Waals surface area contributed by atoms with E-state index in [-0.39, 0.29) is 10.8 Å². The molecule has 0 aromatic heterocycles. The lowest BCUT2D eigenvalue weighted by atomic mass is 10.1. The summed E-state index contributed by atoms with van der Waals surface area (Å²) in [6.07, 6.45) is 1.87. The highest BCUT2D eigenvalue weighted by atomic mass is 32.2. The van der Waals surface area contributed by atoms with Crippen molar-refractivity contribution in [3.05, 3.63) is 58.7 Å². The number of hydrogen-bond donors (Lipinski definition) is 2. The van der Waals surface area contributed by atoms with Crippen molar-refractivity contribution in [2.75, 3.05) is 11.3 Å². The van der Waals surface area contributed by atoms with Crippen molar-refractivity contribution >= 4 is 21.6 Å². The normalized spacial score (nSPS) is 11.2. The Balaban J connectivity index is 2.29. The van der Waals surface area contributed by atoms with Crippen molar-refractivity contribution in [2.24, 2.45) is 0 Å². The van der Waals surface area contributed by atoms with Crippen molar-refractivity contribution in [3.63, 3.8) is 0 Å². The second-order valence-electron chi connectivity index (χ2n) is 6.49. The molecule has 0 unspecified atom stereocenters. The van der Waals surface area contributed by atoms with Gasteiger partial charge in [0.05, 0.1) is 4.90 Å². The highest BCUT2D eigenvalue weighted by Gasteiger charge is 2.19. The van der Waals surface area contributed by atoms with Crippen LogP contribution in [0.2, 0.25) is 0 Å². The second kappa shape index (κ2) is 8.36. The molecule has 2 aromatic carbocycles. The van der Waals surface area contributed by atoms with Gasteiger partial charge in [-0.2, -0.15) is 0 Å². The number of aryl methyl sites for hydroxylation is 3. The highest BCUT2D eigenvalue weighted by molar-refractivity contribution is 7.92. The molecule has 0 saturated heterocycles. The number of amides is 1. The minimum atomic E-state index is -3.78. The van der Waals surface area contributed by atoms with E-state index in [1.165, 1.54) is 6.07 Å². The Labute approximate surface area is 155 Å². The zero-order valence-electron chi connectivity index (χ0n) is 15.7. The fourth-order valence-corrected chi connectivity index (χ4v) is 3.85. The summed E-state index contributed by atoms with van der Waals surface area (Å²) in [7, 11) is -3.78. The third-order valence-electron chi connectivity index (χ3n) is 4.31. The van der Waals surface area contributed by atoms with Gasteiger partial charge in [0, 0.05) is 17.8 Å². The average molecular weight is 375 g/mol. The van der Waals surface area contributed by atoms with Gasteiger partial charge in [0.1, 0.15) is 0 Å². The van der Waals surface area contributed by atoms with Crippen LogP contribution < -0.4 is 10.0 Å². The summed E-state index contributed by atoms with van der Waals surface area (Å²) < 4.78 is 28.2. The number of hydrogen-bond acceptors (Lipinski definition) is 3. The first kappa shape index (κ1) is 20.0. The molecule has 0 spiro atoms. The lowest BCUT2D eigenvalue weighted by molar-refractivity contribution is 0.0953. The number of carbonyl (C=O) groups excluding carboxylic acids is 1. The molecule has 0 heterocycles. The molecular weight excluding hydrogens is 348 g/mol. The summed E-state index contributed by atoms with van der Waals surface area (Å²) in [5, 5.41) is 2.81. The predicted molar refractivity (Wildman–Crippen MR) is 105 cm³/mol. The number of sulfonamides is 1. The Hall–Kier alpha value is -2.34. The lowest BCUT2D eigenvalue weighted by Crippen LogP contribution is -2.25. The molecule has 0 aliphatic heterocycles. The topological polar surface area (TPSA) is 75.3 Å². The van der Waals surface area contributed by atoms with Crippen LogP contribution in [0.1, 0.15) is 46.8 Å². The Morgan fingerprint density at radius 3 is 2.31 bits per heavy atom. The van der Waals surface area contributed by atoms with Crippen LogP contribution in [0, 0.1) is 20.8 Å². The molecule has 6 heteroatoms. The third-order valence-corrected chi connectivity index (χ3v) is 5.84. The molecule has 0 radical (unpaired) electrons. The molecule has 140 valence electrons. The maximum Gasteiger partial charge on any atom is 0.262 e. The summed E-state index contributed by atoms with van der Waals surface area (Å²) in [6.45, 7) is 8.24. The zero-order valence-corrected chi connectivity index (χ0v) is 16.5. The first-order valence-corrected chi connectivity index (χ1v) is 10.2. The van der Waals surface area contributed by atoms with Gasteiger partial charge in [-0.3, -0.25) is 9.52 Å². The summed E-state index contributed by atoms with van der Waals surface area (Å²) >= 11 is 0. The van der Waals surface area contributed by atoms with Crippen molar-refractivity contribution < 1.29 is 13.2 Å². The number of rotatable bonds is 7. The van der Waals surface area contributed by atoms with E-state index in [1.54, 1.807) is 31.2 Å².